The number of hydrogen-bond donors (Lipinski definition) is 2. The number of carboxylic acid groups (broad SMARTS) is 2. The van der Waals surface area contributed by atoms with Crippen LogP contribution in [0.15, 0.2) is 132 Å². The van der Waals surface area contributed by atoms with Gasteiger partial charge in [-0.2, -0.15) is 0 Å². The zero-order chi connectivity index (χ0) is 29.3. The average molecular weight is 539 g/mol. The average Bonchev–Trinajstić information content (AvgIpc) is 3.01. The maximum absolute atomic E-state index is 11.8. The highest BCUT2D eigenvalue weighted by Gasteiger charge is 2.18. The lowest BCUT2D eigenvalue weighted by molar-refractivity contribution is 0.0817. The molecule has 0 radical (unpaired) electrons. The van der Waals surface area contributed by atoms with Gasteiger partial charge in [-0.05, 0) is 0 Å². The Morgan fingerprint density at radius 2 is 0.525 bits per heavy atom. The van der Waals surface area contributed by atoms with Crippen LogP contribution in [0.2, 0.25) is 0 Å². The Bertz CT molecular complexity index is 1270. The third-order valence-electron chi connectivity index (χ3n) is 4.78. The summed E-state index contributed by atoms with van der Waals surface area (Å²) in [5.74, 6) is -1.86. The molecule has 0 saturated carbocycles. The first-order valence-corrected chi connectivity index (χ1v) is 11.5. The minimum absolute atomic E-state index is 0.427. The maximum atomic E-state index is 11.8. The van der Waals surface area contributed by atoms with Crippen LogP contribution in [0, 0.1) is 0 Å². The SMILES string of the molecule is O=C(C(=O)c1ccccc1)c1ccccc1.O=C(C(=O)c1ccccc1)c1ccccc1.O=C(O)N=NC(=O)O. The summed E-state index contributed by atoms with van der Waals surface area (Å²) in [6.45, 7) is 0. The molecule has 0 saturated heterocycles. The Kier molecular flexibility index (Phi) is 12.2. The van der Waals surface area contributed by atoms with E-state index in [0.29, 0.717) is 22.3 Å². The lowest BCUT2D eigenvalue weighted by Gasteiger charge is -1.99. The van der Waals surface area contributed by atoms with Gasteiger partial charge in [0.25, 0.3) is 0 Å². The van der Waals surface area contributed by atoms with E-state index < -0.39 is 35.3 Å². The van der Waals surface area contributed by atoms with Gasteiger partial charge in [-0.1, -0.05) is 132 Å². The summed E-state index contributed by atoms with van der Waals surface area (Å²) in [5, 5.41) is 19.8. The topological polar surface area (TPSA) is 168 Å². The fourth-order valence-electron chi connectivity index (χ4n) is 2.97. The van der Waals surface area contributed by atoms with Crippen molar-refractivity contribution in [3.8, 4) is 0 Å². The van der Waals surface area contributed by atoms with Gasteiger partial charge in [0, 0.05) is 22.3 Å². The van der Waals surface area contributed by atoms with E-state index in [0.717, 1.165) is 0 Å². The molecule has 0 spiro atoms. The van der Waals surface area contributed by atoms with E-state index in [1.54, 1.807) is 97.1 Å². The number of benzene rings is 4. The molecule has 0 heterocycles. The molecule has 10 heteroatoms. The van der Waals surface area contributed by atoms with Gasteiger partial charge in [-0.3, -0.25) is 19.2 Å². The summed E-state index contributed by atoms with van der Waals surface area (Å²) < 4.78 is 0. The standard InChI is InChI=1S/2C14H10O2.C2H2N2O4/c2*15-13(11-7-3-1-4-8-11)14(16)12-9-5-2-6-10-12;5-1(6)3-4-2(7)8/h2*1-10H;(H,5,6)(H,7,8). The Balaban J connectivity index is 0.000000224. The minimum Gasteiger partial charge on any atom is -0.462 e. The molecule has 0 aliphatic heterocycles. The van der Waals surface area contributed by atoms with Crippen molar-refractivity contribution in [1.82, 2.24) is 0 Å². The largest absolute Gasteiger partial charge is 0.462 e. The van der Waals surface area contributed by atoms with E-state index in [9.17, 15) is 28.8 Å². The van der Waals surface area contributed by atoms with Crippen molar-refractivity contribution >= 4 is 35.3 Å². The van der Waals surface area contributed by atoms with E-state index in [1.807, 2.05) is 24.3 Å². The quantitative estimate of drug-likeness (QED) is 0.164. The Morgan fingerprint density at radius 3 is 0.675 bits per heavy atom. The van der Waals surface area contributed by atoms with Crippen LogP contribution in [-0.4, -0.2) is 45.5 Å². The van der Waals surface area contributed by atoms with Crippen molar-refractivity contribution in [2.75, 3.05) is 0 Å². The summed E-state index contributed by atoms with van der Waals surface area (Å²) in [7, 11) is 0. The number of amides is 2. The predicted molar refractivity (Wildman–Crippen MR) is 144 cm³/mol. The van der Waals surface area contributed by atoms with E-state index in [1.165, 1.54) is 0 Å². The van der Waals surface area contributed by atoms with Crippen LogP contribution in [0.3, 0.4) is 0 Å². The molecule has 4 rings (SSSR count). The molecule has 200 valence electrons. The highest BCUT2D eigenvalue weighted by Crippen LogP contribution is 2.08. The van der Waals surface area contributed by atoms with Crippen molar-refractivity contribution in [2.45, 2.75) is 0 Å². The molecule has 0 bridgehead atoms. The summed E-state index contributed by atoms with van der Waals surface area (Å²) in [6.07, 6.45) is -3.24. The second kappa shape index (κ2) is 16.0. The minimum atomic E-state index is -1.62. The normalized spacial score (nSPS) is 9.70. The molecule has 4 aromatic carbocycles. The molecule has 2 amide bonds. The first-order valence-electron chi connectivity index (χ1n) is 11.5. The first-order chi connectivity index (χ1) is 19.2. The van der Waals surface area contributed by atoms with Crippen molar-refractivity contribution in [3.05, 3.63) is 144 Å². The van der Waals surface area contributed by atoms with E-state index in [2.05, 4.69) is 10.2 Å². The van der Waals surface area contributed by atoms with Crippen molar-refractivity contribution in [1.29, 1.82) is 0 Å². The molecule has 0 unspecified atom stereocenters. The van der Waals surface area contributed by atoms with Crippen LogP contribution in [-0.2, 0) is 0 Å². The Morgan fingerprint density at radius 1 is 0.350 bits per heavy atom. The predicted octanol–water partition coefficient (Wildman–Crippen LogP) is 6.30. The number of ketones is 4. The Labute approximate surface area is 228 Å². The van der Waals surface area contributed by atoms with Gasteiger partial charge in [0.2, 0.25) is 23.1 Å². The number of carbonyl (C=O) groups excluding carboxylic acids is 4. The zero-order valence-electron chi connectivity index (χ0n) is 20.8. The monoisotopic (exact) mass is 538 g/mol. The van der Waals surface area contributed by atoms with E-state index in [-0.39, 0.29) is 0 Å². The molecule has 2 N–H and O–H groups in total. The van der Waals surface area contributed by atoms with E-state index >= 15 is 0 Å². The zero-order valence-corrected chi connectivity index (χ0v) is 20.8. The van der Waals surface area contributed by atoms with Gasteiger partial charge in [0.05, 0.1) is 0 Å². The number of hydrogen-bond acceptors (Lipinski definition) is 6. The second-order valence-electron chi connectivity index (χ2n) is 7.55. The number of azo groups is 1. The molecule has 0 fully saturated rings. The van der Waals surface area contributed by atoms with Crippen LogP contribution in [0.5, 0.6) is 0 Å². The number of nitrogens with zero attached hydrogens (tertiary/aromatic N) is 2. The molecular formula is C30H22N2O8. The van der Waals surface area contributed by atoms with Gasteiger partial charge >= 0.3 is 12.2 Å². The third kappa shape index (κ3) is 10.2. The van der Waals surface area contributed by atoms with Crippen molar-refractivity contribution < 1.29 is 39.0 Å². The summed E-state index contributed by atoms with van der Waals surface area (Å²) >= 11 is 0. The summed E-state index contributed by atoms with van der Waals surface area (Å²) in [6, 6.07) is 34.3. The van der Waals surface area contributed by atoms with Gasteiger partial charge in [-0.15, -0.1) is 0 Å². The van der Waals surface area contributed by atoms with Gasteiger partial charge in [0.15, 0.2) is 0 Å². The van der Waals surface area contributed by atoms with Gasteiger partial charge in [-0.25, -0.2) is 9.59 Å². The lowest BCUT2D eigenvalue weighted by Crippen LogP contribution is -2.14. The van der Waals surface area contributed by atoms with Crippen molar-refractivity contribution in [3.63, 3.8) is 0 Å². The van der Waals surface area contributed by atoms with Gasteiger partial charge in [0.1, 0.15) is 0 Å². The van der Waals surface area contributed by atoms with Crippen LogP contribution in [0.25, 0.3) is 0 Å². The molecule has 0 aliphatic carbocycles. The third-order valence-corrected chi connectivity index (χ3v) is 4.78. The van der Waals surface area contributed by atoms with Crippen molar-refractivity contribution in [2.24, 2.45) is 10.2 Å². The molecule has 0 aliphatic rings. The molecule has 4 aromatic rings. The number of Topliss-reactive ketones (excluding diaryl/α,β-unsaturated/α-hetero) is 4. The molecule has 0 aromatic heterocycles. The number of carbonyl (C=O) groups is 6. The maximum Gasteiger partial charge on any atom is 0.450 e. The molecule has 40 heavy (non-hydrogen) atoms. The van der Waals surface area contributed by atoms with Crippen LogP contribution in [0.1, 0.15) is 41.4 Å². The highest BCUT2D eigenvalue weighted by atomic mass is 16.4. The van der Waals surface area contributed by atoms with Gasteiger partial charge < -0.3 is 10.2 Å². The fourth-order valence-corrected chi connectivity index (χ4v) is 2.97. The van der Waals surface area contributed by atoms with Crippen LogP contribution < -0.4 is 0 Å². The molecular weight excluding hydrogens is 516 g/mol. The molecule has 0 atom stereocenters. The smallest absolute Gasteiger partial charge is 0.450 e. The Hall–Kier alpha value is -5.90. The summed E-state index contributed by atoms with van der Waals surface area (Å²) in [5.41, 5.74) is 1.71. The first kappa shape index (κ1) is 30.3. The van der Waals surface area contributed by atoms with E-state index in [4.69, 9.17) is 10.2 Å². The number of rotatable bonds is 6. The second-order valence-corrected chi connectivity index (χ2v) is 7.55. The molecule has 10 nitrogen and oxygen atoms in total. The summed E-state index contributed by atoms with van der Waals surface area (Å²) in [4.78, 5) is 65.9. The lowest BCUT2D eigenvalue weighted by atomic mass is 10.0. The fraction of sp³-hybridized carbons (Fsp3) is 0. The van der Waals surface area contributed by atoms with Crippen LogP contribution >= 0.6 is 0 Å². The van der Waals surface area contributed by atoms with Crippen LogP contribution in [0.4, 0.5) is 9.59 Å². The highest BCUT2D eigenvalue weighted by molar-refractivity contribution is 6.49.